The molecular formula is C14H20NO+. The van der Waals surface area contributed by atoms with Crippen LogP contribution in [-0.2, 0) is 13.0 Å². The number of hydrogen-bond acceptors (Lipinski definition) is 1. The van der Waals surface area contributed by atoms with Gasteiger partial charge in [-0.3, -0.25) is 0 Å². The van der Waals surface area contributed by atoms with E-state index in [1.807, 2.05) is 19.1 Å². The van der Waals surface area contributed by atoms with E-state index in [4.69, 9.17) is 5.11 Å². The minimum atomic E-state index is 0.0951. The molecule has 0 aliphatic carbocycles. The number of nitrogens with zero attached hydrogens (tertiary/aromatic N) is 1. The Kier molecular flexibility index (Phi) is 5.01. The lowest BCUT2D eigenvalue weighted by Gasteiger charge is -2.01. The van der Waals surface area contributed by atoms with Gasteiger partial charge in [-0.25, -0.2) is 0 Å². The summed E-state index contributed by atoms with van der Waals surface area (Å²) in [5.74, 6) is 0.581. The Balaban J connectivity index is 2.65. The Hall–Kier alpha value is -1.33. The van der Waals surface area contributed by atoms with Gasteiger partial charge < -0.3 is 5.11 Å². The molecule has 2 nitrogen and oxygen atoms in total. The van der Waals surface area contributed by atoms with Crippen LogP contribution >= 0.6 is 0 Å². The van der Waals surface area contributed by atoms with Gasteiger partial charge >= 0.3 is 0 Å². The molecule has 0 heterocycles. The standard InChI is InChI=1S/C14H20NO/c1-11(2)9-15-5-4-13-6-12(3)7-14(8-13)10-16/h6-8,11,16H,4,9-10H2,1-3H3/q+1. The molecule has 0 saturated heterocycles. The molecular weight excluding hydrogens is 198 g/mol. The largest absolute Gasteiger partial charge is 0.392 e. The zero-order chi connectivity index (χ0) is 12.0. The minimum Gasteiger partial charge on any atom is -0.392 e. The summed E-state index contributed by atoms with van der Waals surface area (Å²) in [5, 5.41) is 9.09. The lowest BCUT2D eigenvalue weighted by atomic mass is 10.1. The molecule has 1 aromatic rings. The highest BCUT2D eigenvalue weighted by molar-refractivity contribution is 5.31. The smallest absolute Gasteiger partial charge is 0.277 e. The molecule has 0 spiro atoms. The molecule has 0 saturated carbocycles. The lowest BCUT2D eigenvalue weighted by molar-refractivity contribution is 0.281. The molecule has 0 atom stereocenters. The third-order valence-corrected chi connectivity index (χ3v) is 2.23. The van der Waals surface area contributed by atoms with Crippen LogP contribution in [0, 0.1) is 18.9 Å². The highest BCUT2D eigenvalue weighted by Gasteiger charge is 2.01. The second-order valence-corrected chi connectivity index (χ2v) is 4.55. The molecule has 0 bridgehead atoms. The maximum absolute atomic E-state index is 9.09. The van der Waals surface area contributed by atoms with Gasteiger partial charge in [-0.2, -0.15) is 0 Å². The zero-order valence-corrected chi connectivity index (χ0v) is 10.3. The normalized spacial score (nSPS) is 10.1. The Morgan fingerprint density at radius 3 is 2.56 bits per heavy atom. The van der Waals surface area contributed by atoms with E-state index in [1.54, 1.807) is 0 Å². The van der Waals surface area contributed by atoms with Crippen molar-refractivity contribution in [1.29, 1.82) is 0 Å². The predicted octanol–water partition coefficient (Wildman–Crippen LogP) is 3.02. The van der Waals surface area contributed by atoms with Crippen molar-refractivity contribution in [3.05, 3.63) is 39.7 Å². The number of hydrogen-bond donors (Lipinski definition) is 1. The molecule has 1 rings (SSSR count). The zero-order valence-electron chi connectivity index (χ0n) is 10.3. The maximum atomic E-state index is 9.09. The van der Waals surface area contributed by atoms with Crippen molar-refractivity contribution in [1.82, 2.24) is 0 Å². The number of rotatable bonds is 3. The highest BCUT2D eigenvalue weighted by atomic mass is 16.3. The summed E-state index contributed by atoms with van der Waals surface area (Å²) in [6, 6.07) is 9.16. The number of aryl methyl sites for hydroxylation is 1. The van der Waals surface area contributed by atoms with Crippen molar-refractivity contribution in [3.63, 3.8) is 0 Å². The summed E-state index contributed by atoms with van der Waals surface area (Å²) in [6.45, 7) is 7.24. The van der Waals surface area contributed by atoms with E-state index in [2.05, 4.69) is 30.8 Å². The highest BCUT2D eigenvalue weighted by Crippen LogP contribution is 2.10. The fourth-order valence-corrected chi connectivity index (χ4v) is 1.54. The molecule has 0 fully saturated rings. The van der Waals surface area contributed by atoms with Crippen LogP contribution in [0.4, 0.5) is 0 Å². The second-order valence-electron chi connectivity index (χ2n) is 4.55. The van der Waals surface area contributed by atoms with Crippen molar-refractivity contribution in [2.24, 2.45) is 5.92 Å². The maximum Gasteiger partial charge on any atom is 0.277 e. The van der Waals surface area contributed by atoms with Gasteiger partial charge in [-0.15, -0.1) is 0 Å². The van der Waals surface area contributed by atoms with Gasteiger partial charge in [0.05, 0.1) is 6.61 Å². The molecule has 0 unspecified atom stereocenters. The first kappa shape index (κ1) is 12.7. The minimum absolute atomic E-state index is 0.0951. The van der Waals surface area contributed by atoms with Crippen LogP contribution in [0.1, 0.15) is 30.5 Å². The number of aliphatic hydroxyl groups excluding tert-OH is 1. The van der Waals surface area contributed by atoms with Gasteiger partial charge in [-0.1, -0.05) is 42.5 Å². The van der Waals surface area contributed by atoms with Gasteiger partial charge in [0.25, 0.3) is 12.6 Å². The van der Waals surface area contributed by atoms with Crippen molar-refractivity contribution in [2.75, 3.05) is 6.54 Å². The molecule has 86 valence electrons. The van der Waals surface area contributed by atoms with Gasteiger partial charge in [0.15, 0.2) is 0 Å². The van der Waals surface area contributed by atoms with Crippen LogP contribution in [0.25, 0.3) is 4.85 Å². The third-order valence-electron chi connectivity index (χ3n) is 2.23. The fourth-order valence-electron chi connectivity index (χ4n) is 1.54. The monoisotopic (exact) mass is 218 g/mol. The molecule has 2 heteroatoms. The molecule has 16 heavy (non-hydrogen) atoms. The van der Waals surface area contributed by atoms with Crippen LogP contribution in [0.2, 0.25) is 0 Å². The number of aliphatic hydroxyl groups is 1. The Labute approximate surface area is 97.7 Å². The summed E-state index contributed by atoms with van der Waals surface area (Å²) < 4.78 is 0. The van der Waals surface area contributed by atoms with Crippen LogP contribution in [0.5, 0.6) is 0 Å². The summed E-state index contributed by atoms with van der Waals surface area (Å²) in [6.07, 6.45) is 0.724. The molecule has 0 radical (unpaired) electrons. The van der Waals surface area contributed by atoms with Crippen LogP contribution in [0.3, 0.4) is 0 Å². The average molecular weight is 218 g/mol. The van der Waals surface area contributed by atoms with Crippen LogP contribution in [-0.4, -0.2) is 11.7 Å². The topological polar surface area (TPSA) is 24.6 Å². The summed E-state index contributed by atoms with van der Waals surface area (Å²) in [7, 11) is 0. The first-order valence-electron chi connectivity index (χ1n) is 5.71. The van der Waals surface area contributed by atoms with Gasteiger partial charge in [0.1, 0.15) is 6.42 Å². The SMILES string of the molecule is Cc1cc(CO)cc(CC#[N+]CC(C)C)c1. The predicted molar refractivity (Wildman–Crippen MR) is 67.8 cm³/mol. The van der Waals surface area contributed by atoms with E-state index in [9.17, 15) is 0 Å². The quantitative estimate of drug-likeness (QED) is 0.828. The van der Waals surface area contributed by atoms with Gasteiger partial charge in [-0.05, 0) is 18.1 Å². The van der Waals surface area contributed by atoms with Crippen molar-refractivity contribution < 1.29 is 5.11 Å². The average Bonchev–Trinajstić information content (AvgIpc) is 2.23. The van der Waals surface area contributed by atoms with E-state index in [-0.39, 0.29) is 6.61 Å². The summed E-state index contributed by atoms with van der Waals surface area (Å²) in [4.78, 5) is 4.24. The second kappa shape index (κ2) is 6.30. The van der Waals surface area contributed by atoms with E-state index in [1.165, 1.54) is 5.56 Å². The summed E-state index contributed by atoms with van der Waals surface area (Å²) >= 11 is 0. The number of benzene rings is 1. The third kappa shape index (κ3) is 4.46. The van der Waals surface area contributed by atoms with Gasteiger partial charge in [0.2, 0.25) is 0 Å². The fraction of sp³-hybridized carbons (Fsp3) is 0.500. The first-order chi connectivity index (χ1) is 7.61. The van der Waals surface area contributed by atoms with Crippen molar-refractivity contribution >= 4 is 0 Å². The molecule has 0 aliphatic rings. The first-order valence-corrected chi connectivity index (χ1v) is 5.71. The molecule has 0 aliphatic heterocycles. The van der Waals surface area contributed by atoms with E-state index in [0.717, 1.165) is 24.1 Å². The Morgan fingerprint density at radius 1 is 1.25 bits per heavy atom. The molecule has 1 aromatic carbocycles. The molecule has 1 N–H and O–H groups in total. The Morgan fingerprint density at radius 2 is 1.94 bits per heavy atom. The molecule has 0 aromatic heterocycles. The Bertz CT molecular complexity index is 399. The van der Waals surface area contributed by atoms with E-state index >= 15 is 0 Å². The van der Waals surface area contributed by atoms with E-state index in [0.29, 0.717) is 5.92 Å². The van der Waals surface area contributed by atoms with Crippen molar-refractivity contribution in [2.45, 2.75) is 33.8 Å². The van der Waals surface area contributed by atoms with Crippen molar-refractivity contribution in [3.8, 4) is 6.07 Å². The van der Waals surface area contributed by atoms with E-state index < -0.39 is 0 Å². The van der Waals surface area contributed by atoms with Gasteiger partial charge in [0, 0.05) is 5.92 Å². The van der Waals surface area contributed by atoms with Crippen LogP contribution < -0.4 is 0 Å². The summed E-state index contributed by atoms with van der Waals surface area (Å²) in [5.41, 5.74) is 3.30. The lowest BCUT2D eigenvalue weighted by Crippen LogP contribution is -1.91. The van der Waals surface area contributed by atoms with Crippen LogP contribution in [0.15, 0.2) is 18.2 Å². The molecule has 0 amide bonds.